The molecule has 0 aromatic heterocycles. The second-order valence-electron chi connectivity index (χ2n) is 12.2. The fourth-order valence-corrected chi connectivity index (χ4v) is 9.52. The Morgan fingerprint density at radius 3 is 2.40 bits per heavy atom. The lowest BCUT2D eigenvalue weighted by molar-refractivity contribution is -0.145. The number of thioether (sulfide) groups is 1. The number of hydrogen-bond acceptors (Lipinski definition) is 5. The van der Waals surface area contributed by atoms with Crippen LogP contribution in [0.1, 0.15) is 27.2 Å². The van der Waals surface area contributed by atoms with Crippen molar-refractivity contribution < 1.29 is 19.5 Å². The van der Waals surface area contributed by atoms with E-state index < -0.39 is 33.4 Å². The fraction of sp³-hybridized carbons (Fsp3) is 0.469. The summed E-state index contributed by atoms with van der Waals surface area (Å²) in [6.45, 7) is 6.75. The zero-order valence-electron chi connectivity index (χ0n) is 23.5. The van der Waals surface area contributed by atoms with Crippen LogP contribution >= 0.6 is 11.8 Å². The van der Waals surface area contributed by atoms with E-state index in [-0.39, 0.29) is 30.2 Å². The van der Waals surface area contributed by atoms with Crippen molar-refractivity contribution in [2.45, 2.75) is 48.8 Å². The number of aliphatic hydroxyl groups excluding tert-OH is 1. The monoisotopic (exact) mass is 559 g/mol. The number of carbonyl (C=O) groups excluding carboxylic acids is 3. The van der Waals surface area contributed by atoms with Gasteiger partial charge in [0.05, 0.1) is 29.2 Å². The number of anilines is 1. The first-order valence-electron chi connectivity index (χ1n) is 14.1. The third-order valence-corrected chi connectivity index (χ3v) is 10.9. The molecule has 2 saturated heterocycles. The van der Waals surface area contributed by atoms with Crippen LogP contribution in [0.2, 0.25) is 0 Å². The molecular weight excluding hydrogens is 522 g/mol. The normalized spacial score (nSPS) is 32.4. The lowest BCUT2D eigenvalue weighted by Crippen LogP contribution is -2.57. The van der Waals surface area contributed by atoms with Crippen molar-refractivity contribution in [3.05, 3.63) is 66.8 Å². The van der Waals surface area contributed by atoms with Gasteiger partial charge in [-0.1, -0.05) is 68.5 Å². The highest BCUT2D eigenvalue weighted by Crippen LogP contribution is 2.66. The molecule has 4 aliphatic heterocycles. The van der Waals surface area contributed by atoms with Crippen LogP contribution in [0.15, 0.2) is 66.8 Å². The van der Waals surface area contributed by atoms with Crippen molar-refractivity contribution >= 4 is 45.9 Å². The number of carbonyl (C=O) groups is 3. The van der Waals surface area contributed by atoms with Gasteiger partial charge in [0.25, 0.3) is 5.91 Å². The maximum Gasteiger partial charge on any atom is 0.251 e. The Morgan fingerprint density at radius 2 is 1.68 bits per heavy atom. The topological polar surface area (TPSA) is 81.2 Å². The quantitative estimate of drug-likeness (QED) is 0.563. The van der Waals surface area contributed by atoms with E-state index in [9.17, 15) is 19.5 Å². The van der Waals surface area contributed by atoms with E-state index in [1.165, 1.54) is 0 Å². The van der Waals surface area contributed by atoms with Gasteiger partial charge < -0.3 is 19.8 Å². The highest BCUT2D eigenvalue weighted by Gasteiger charge is 2.74. The molecule has 3 amide bonds. The maximum absolute atomic E-state index is 14.8. The zero-order chi connectivity index (χ0) is 28.4. The number of nitrogens with zero attached hydrogens (tertiary/aromatic N) is 3. The summed E-state index contributed by atoms with van der Waals surface area (Å²) in [7, 11) is 1.77. The highest BCUT2D eigenvalue weighted by molar-refractivity contribution is 8.02. The van der Waals surface area contributed by atoms with Gasteiger partial charge in [0.2, 0.25) is 11.8 Å². The molecule has 4 aliphatic rings. The van der Waals surface area contributed by atoms with E-state index in [1.807, 2.05) is 67.6 Å². The lowest BCUT2D eigenvalue weighted by Gasteiger charge is -2.40. The first-order chi connectivity index (χ1) is 19.1. The summed E-state index contributed by atoms with van der Waals surface area (Å²) in [5, 5.41) is 12.7. The van der Waals surface area contributed by atoms with Gasteiger partial charge in [0.1, 0.15) is 6.04 Å². The summed E-state index contributed by atoms with van der Waals surface area (Å²) >= 11 is 1.58. The smallest absolute Gasteiger partial charge is 0.251 e. The van der Waals surface area contributed by atoms with Gasteiger partial charge in [0, 0.05) is 30.6 Å². The number of aliphatic hydroxyl groups is 1. The maximum atomic E-state index is 14.8. The average molecular weight is 560 g/mol. The summed E-state index contributed by atoms with van der Waals surface area (Å²) in [4.78, 5) is 48.3. The molecule has 2 fully saturated rings. The molecule has 0 radical (unpaired) electrons. The molecule has 7 nitrogen and oxygen atoms in total. The van der Waals surface area contributed by atoms with E-state index in [0.29, 0.717) is 19.5 Å². The van der Waals surface area contributed by atoms with Crippen molar-refractivity contribution in [1.82, 2.24) is 9.80 Å². The highest BCUT2D eigenvalue weighted by atomic mass is 32.2. The van der Waals surface area contributed by atoms with Gasteiger partial charge in [-0.15, -0.1) is 11.8 Å². The Morgan fingerprint density at radius 1 is 0.950 bits per heavy atom. The average Bonchev–Trinajstić information content (AvgIpc) is 3.21. The fourth-order valence-electron chi connectivity index (χ4n) is 7.37. The van der Waals surface area contributed by atoms with Crippen molar-refractivity contribution in [1.29, 1.82) is 0 Å². The van der Waals surface area contributed by atoms with Crippen molar-refractivity contribution in [3.8, 4) is 0 Å². The number of likely N-dealkylation sites (N-methyl/N-ethyl adjacent to an activating group) is 1. The van der Waals surface area contributed by atoms with Crippen LogP contribution in [0.5, 0.6) is 0 Å². The van der Waals surface area contributed by atoms with Gasteiger partial charge in [-0.25, -0.2) is 0 Å². The molecule has 40 heavy (non-hydrogen) atoms. The van der Waals surface area contributed by atoms with Crippen molar-refractivity contribution in [2.75, 3.05) is 31.6 Å². The van der Waals surface area contributed by atoms with Crippen LogP contribution in [0, 0.1) is 17.8 Å². The third kappa shape index (κ3) is 3.94. The Bertz CT molecular complexity index is 1440. The lowest BCUT2D eigenvalue weighted by atomic mass is 9.74. The predicted octanol–water partition coefficient (Wildman–Crippen LogP) is 3.87. The van der Waals surface area contributed by atoms with E-state index in [1.54, 1.807) is 33.5 Å². The van der Waals surface area contributed by atoms with Crippen LogP contribution in [-0.4, -0.2) is 80.9 Å². The summed E-state index contributed by atoms with van der Waals surface area (Å²) < 4.78 is -1.57. The molecule has 2 aromatic rings. The van der Waals surface area contributed by atoms with E-state index >= 15 is 0 Å². The SMILES string of the molecule is CC(C)C[C@H](CO)N1C(=O)[C@@H]2[C@@H]3C(=O)N(C)CC=C[C@]3(C)S[C@@]23C=CCN(c2ccc4ccccc4c2)C(=O)C13. The molecule has 6 rings (SSSR count). The second-order valence-corrected chi connectivity index (χ2v) is 14.0. The number of amides is 3. The van der Waals surface area contributed by atoms with Crippen molar-refractivity contribution in [2.24, 2.45) is 17.8 Å². The molecule has 1 unspecified atom stereocenters. The van der Waals surface area contributed by atoms with Gasteiger partial charge in [0.15, 0.2) is 0 Å². The molecule has 8 heteroatoms. The van der Waals surface area contributed by atoms with Gasteiger partial charge in [-0.3, -0.25) is 14.4 Å². The third-order valence-electron chi connectivity index (χ3n) is 9.09. The number of benzene rings is 2. The molecule has 0 saturated carbocycles. The molecule has 6 atom stereocenters. The van der Waals surface area contributed by atoms with E-state index in [0.717, 1.165) is 16.5 Å². The van der Waals surface area contributed by atoms with Crippen LogP contribution in [0.25, 0.3) is 10.8 Å². The molecule has 2 aromatic carbocycles. The Balaban J connectivity index is 1.51. The second kappa shape index (κ2) is 9.77. The van der Waals surface area contributed by atoms with E-state index in [2.05, 4.69) is 19.9 Å². The first-order valence-corrected chi connectivity index (χ1v) is 15.0. The van der Waals surface area contributed by atoms with Crippen molar-refractivity contribution in [3.63, 3.8) is 0 Å². The van der Waals surface area contributed by atoms with Crippen LogP contribution < -0.4 is 4.90 Å². The molecule has 1 spiro atoms. The molecule has 210 valence electrons. The zero-order valence-corrected chi connectivity index (χ0v) is 24.3. The molecule has 1 N–H and O–H groups in total. The molecule has 4 heterocycles. The van der Waals surface area contributed by atoms with Crippen LogP contribution in [0.4, 0.5) is 5.69 Å². The number of likely N-dealkylation sites (tertiary alicyclic amines) is 1. The first kappa shape index (κ1) is 27.1. The number of fused-ring (bicyclic) bond motifs is 3. The minimum absolute atomic E-state index is 0.0725. The van der Waals surface area contributed by atoms with Gasteiger partial charge in [-0.05, 0) is 42.2 Å². The summed E-state index contributed by atoms with van der Waals surface area (Å²) in [6.07, 6.45) is 8.66. The molecule has 0 bridgehead atoms. The largest absolute Gasteiger partial charge is 0.394 e. The van der Waals surface area contributed by atoms with Gasteiger partial charge >= 0.3 is 0 Å². The van der Waals surface area contributed by atoms with Crippen LogP contribution in [0.3, 0.4) is 0 Å². The minimum Gasteiger partial charge on any atom is -0.394 e. The number of rotatable bonds is 5. The van der Waals surface area contributed by atoms with Crippen LogP contribution in [-0.2, 0) is 14.4 Å². The Labute approximate surface area is 239 Å². The Hall–Kier alpha value is -3.10. The standard InChI is InChI=1S/C32H37N3O4S/c1-20(2)17-24(19-36)35-27-30(39)34(23-12-11-21-9-5-6-10-22(21)18-23)16-8-14-32(27)26(29(35)38)25-28(37)33(4)15-7-13-31(25,3)40-32/h5-14,18,20,24-27,36H,15-17,19H2,1-4H3/t24-,25-,26+,27?,31+,32+/m1/s1. The minimum atomic E-state index is -0.929. The molecule has 0 aliphatic carbocycles. The number of hydrogen-bond donors (Lipinski definition) is 1. The predicted molar refractivity (Wildman–Crippen MR) is 159 cm³/mol. The van der Waals surface area contributed by atoms with Gasteiger partial charge in [-0.2, -0.15) is 0 Å². The summed E-state index contributed by atoms with van der Waals surface area (Å²) in [6, 6.07) is 12.7. The Kier molecular flexibility index (Phi) is 6.62. The van der Waals surface area contributed by atoms with E-state index in [4.69, 9.17) is 0 Å². The molecular formula is C32H37N3O4S. The summed E-state index contributed by atoms with van der Waals surface area (Å²) in [5.41, 5.74) is 0.768. The summed E-state index contributed by atoms with van der Waals surface area (Å²) in [5.74, 6) is -1.55.